The summed E-state index contributed by atoms with van der Waals surface area (Å²) < 4.78 is 8.04. The molecule has 3 aliphatic rings. The van der Waals surface area contributed by atoms with Gasteiger partial charge >= 0.3 is 0 Å². The fraction of sp³-hybridized carbons (Fsp3) is 0.826. The van der Waals surface area contributed by atoms with E-state index in [9.17, 15) is 10.1 Å². The van der Waals surface area contributed by atoms with E-state index in [-0.39, 0.29) is 17.8 Å². The Bertz CT molecular complexity index is 800. The predicted molar refractivity (Wildman–Crippen MR) is 125 cm³/mol. The van der Waals surface area contributed by atoms with Crippen molar-refractivity contribution >= 4 is 23.6 Å². The van der Waals surface area contributed by atoms with E-state index >= 15 is 0 Å². The van der Waals surface area contributed by atoms with E-state index in [1.165, 1.54) is 11.8 Å². The van der Waals surface area contributed by atoms with E-state index < -0.39 is 5.54 Å². The van der Waals surface area contributed by atoms with Crippen LogP contribution in [0.3, 0.4) is 0 Å². The van der Waals surface area contributed by atoms with Crippen LogP contribution in [0.2, 0.25) is 0 Å². The highest BCUT2D eigenvalue weighted by Crippen LogP contribution is 2.29. The van der Waals surface area contributed by atoms with Gasteiger partial charge < -0.3 is 15.0 Å². The number of nitrogens with one attached hydrogen (secondary N) is 1. The minimum absolute atomic E-state index is 0.0986. The zero-order valence-electron chi connectivity index (χ0n) is 19.2. The number of aromatic nitrogens is 3. The largest absolute Gasteiger partial charge is 0.376 e. The second kappa shape index (κ2) is 10.9. The van der Waals surface area contributed by atoms with Crippen LogP contribution in [-0.4, -0.2) is 57.8 Å². The third-order valence-electron chi connectivity index (χ3n) is 7.06. The number of nitriles is 1. The molecule has 9 heteroatoms. The molecular formula is C23H36N6O2S. The Morgan fingerprint density at radius 1 is 1.19 bits per heavy atom. The SMILES string of the molecule is CC1CCN(c2nnc(SCC(=O)NC3(C#N)CCCCCC3)n2CC2CCCO2)CC1. The van der Waals surface area contributed by atoms with Gasteiger partial charge in [-0.2, -0.15) is 5.26 Å². The zero-order chi connectivity index (χ0) is 22.4. The summed E-state index contributed by atoms with van der Waals surface area (Å²) in [7, 11) is 0. The number of amides is 1. The minimum atomic E-state index is -0.713. The van der Waals surface area contributed by atoms with Crippen molar-refractivity contribution in [3.8, 4) is 6.07 Å². The van der Waals surface area contributed by atoms with Crippen molar-refractivity contribution in [1.29, 1.82) is 5.26 Å². The van der Waals surface area contributed by atoms with Crippen LogP contribution in [0, 0.1) is 17.2 Å². The summed E-state index contributed by atoms with van der Waals surface area (Å²) in [6.07, 6.45) is 10.4. The average Bonchev–Trinajstić information content (AvgIpc) is 3.39. The maximum absolute atomic E-state index is 12.8. The number of rotatable bonds is 7. The third-order valence-corrected chi connectivity index (χ3v) is 8.02. The van der Waals surface area contributed by atoms with Crippen molar-refractivity contribution in [2.75, 3.05) is 30.3 Å². The molecule has 0 spiro atoms. The van der Waals surface area contributed by atoms with Gasteiger partial charge in [-0.05, 0) is 44.4 Å². The normalized spacial score (nSPS) is 24.1. The van der Waals surface area contributed by atoms with Gasteiger partial charge in [0.2, 0.25) is 11.9 Å². The van der Waals surface area contributed by atoms with Gasteiger partial charge in [0.25, 0.3) is 0 Å². The Labute approximate surface area is 195 Å². The summed E-state index contributed by atoms with van der Waals surface area (Å²) in [6, 6.07) is 2.40. The van der Waals surface area contributed by atoms with E-state index in [0.717, 1.165) is 107 Å². The maximum atomic E-state index is 12.8. The van der Waals surface area contributed by atoms with Crippen molar-refractivity contribution in [3.63, 3.8) is 0 Å². The van der Waals surface area contributed by atoms with Crippen LogP contribution in [-0.2, 0) is 16.1 Å². The fourth-order valence-electron chi connectivity index (χ4n) is 5.01. The molecule has 0 aromatic carbocycles. The molecular weight excluding hydrogens is 424 g/mol. The van der Waals surface area contributed by atoms with Crippen molar-refractivity contribution in [1.82, 2.24) is 20.1 Å². The van der Waals surface area contributed by atoms with Crippen LogP contribution in [0.1, 0.15) is 71.1 Å². The van der Waals surface area contributed by atoms with Crippen LogP contribution < -0.4 is 10.2 Å². The molecule has 0 bridgehead atoms. The maximum Gasteiger partial charge on any atom is 0.231 e. The van der Waals surface area contributed by atoms with Gasteiger partial charge in [-0.1, -0.05) is 44.4 Å². The lowest BCUT2D eigenvalue weighted by molar-refractivity contribution is -0.120. The molecule has 176 valence electrons. The second-order valence-corrected chi connectivity index (χ2v) is 10.6. The topological polar surface area (TPSA) is 96.1 Å². The summed E-state index contributed by atoms with van der Waals surface area (Å²) in [5.74, 6) is 1.78. The van der Waals surface area contributed by atoms with E-state index in [0.29, 0.717) is 0 Å². The zero-order valence-corrected chi connectivity index (χ0v) is 20.0. The number of hydrogen-bond acceptors (Lipinski definition) is 7. The number of nitrogens with zero attached hydrogens (tertiary/aromatic N) is 5. The van der Waals surface area contributed by atoms with Crippen molar-refractivity contribution in [3.05, 3.63) is 0 Å². The number of hydrogen-bond donors (Lipinski definition) is 1. The van der Waals surface area contributed by atoms with Gasteiger partial charge in [-0.25, -0.2) is 0 Å². The number of carbonyl (C=O) groups excluding carboxylic acids is 1. The van der Waals surface area contributed by atoms with Gasteiger partial charge in [-0.15, -0.1) is 10.2 Å². The van der Waals surface area contributed by atoms with Gasteiger partial charge in [0.1, 0.15) is 5.54 Å². The average molecular weight is 461 g/mol. The molecule has 3 heterocycles. The standard InChI is InChI=1S/C23H36N6O2S/c1-18-8-12-28(13-9-18)21-26-27-22(29(21)15-19-7-6-14-31-19)32-16-20(30)25-23(17-24)10-4-2-3-5-11-23/h18-19H,2-16H2,1H3,(H,25,30). The molecule has 1 aromatic rings. The lowest BCUT2D eigenvalue weighted by Crippen LogP contribution is -2.47. The molecule has 8 nitrogen and oxygen atoms in total. The molecule has 4 rings (SSSR count). The Balaban J connectivity index is 1.42. The molecule has 1 unspecified atom stereocenters. The number of ether oxygens (including phenoxy) is 1. The molecule has 1 atom stereocenters. The number of carbonyl (C=O) groups is 1. The molecule has 32 heavy (non-hydrogen) atoms. The Hall–Kier alpha value is -1.79. The molecule has 1 N–H and O–H groups in total. The minimum Gasteiger partial charge on any atom is -0.376 e. The second-order valence-electron chi connectivity index (χ2n) is 9.64. The highest BCUT2D eigenvalue weighted by atomic mass is 32.2. The first-order valence-electron chi connectivity index (χ1n) is 12.2. The third kappa shape index (κ3) is 5.76. The van der Waals surface area contributed by atoms with Crippen LogP contribution in [0.15, 0.2) is 5.16 Å². The molecule has 3 fully saturated rings. The van der Waals surface area contributed by atoms with Crippen molar-refractivity contribution in [2.24, 2.45) is 5.92 Å². The Morgan fingerprint density at radius 3 is 2.59 bits per heavy atom. The Morgan fingerprint density at radius 2 is 1.94 bits per heavy atom. The summed E-state index contributed by atoms with van der Waals surface area (Å²) >= 11 is 1.41. The smallest absolute Gasteiger partial charge is 0.231 e. The first-order valence-corrected chi connectivity index (χ1v) is 13.2. The van der Waals surface area contributed by atoms with E-state index in [2.05, 4.69) is 38.0 Å². The fourth-order valence-corrected chi connectivity index (χ4v) is 5.75. The van der Waals surface area contributed by atoms with Crippen LogP contribution in [0.5, 0.6) is 0 Å². The van der Waals surface area contributed by atoms with E-state index in [4.69, 9.17) is 4.74 Å². The molecule has 2 saturated heterocycles. The van der Waals surface area contributed by atoms with Crippen molar-refractivity contribution in [2.45, 2.75) is 94.5 Å². The van der Waals surface area contributed by atoms with Gasteiger partial charge in [0, 0.05) is 19.7 Å². The lowest BCUT2D eigenvalue weighted by Gasteiger charge is -2.31. The first kappa shape index (κ1) is 23.4. The number of piperidine rings is 1. The predicted octanol–water partition coefficient (Wildman–Crippen LogP) is 3.52. The highest BCUT2D eigenvalue weighted by molar-refractivity contribution is 7.99. The number of thioether (sulfide) groups is 1. The van der Waals surface area contributed by atoms with Crippen molar-refractivity contribution < 1.29 is 9.53 Å². The highest BCUT2D eigenvalue weighted by Gasteiger charge is 2.33. The summed E-state index contributed by atoms with van der Waals surface area (Å²) in [4.78, 5) is 15.1. The van der Waals surface area contributed by atoms with Gasteiger partial charge in [0.05, 0.1) is 24.5 Å². The molecule has 1 amide bonds. The molecule has 1 saturated carbocycles. The molecule has 2 aliphatic heterocycles. The van der Waals surface area contributed by atoms with Gasteiger partial charge in [-0.3, -0.25) is 9.36 Å². The lowest BCUT2D eigenvalue weighted by atomic mass is 9.92. The van der Waals surface area contributed by atoms with E-state index in [1.54, 1.807) is 0 Å². The van der Waals surface area contributed by atoms with E-state index in [1.807, 2.05) is 0 Å². The monoisotopic (exact) mass is 460 g/mol. The van der Waals surface area contributed by atoms with Crippen LogP contribution in [0.25, 0.3) is 0 Å². The Kier molecular flexibility index (Phi) is 7.95. The summed E-state index contributed by atoms with van der Waals surface area (Å²) in [5.41, 5.74) is -0.713. The molecule has 0 radical (unpaired) electrons. The van der Waals surface area contributed by atoms with Gasteiger partial charge in [0.15, 0.2) is 5.16 Å². The molecule has 1 aromatic heterocycles. The molecule has 1 aliphatic carbocycles. The van der Waals surface area contributed by atoms with Crippen LogP contribution in [0.4, 0.5) is 5.95 Å². The summed E-state index contributed by atoms with van der Waals surface area (Å²) in [5, 5.41) is 22.5. The van der Waals surface area contributed by atoms with Crippen LogP contribution >= 0.6 is 11.8 Å². The number of anilines is 1. The summed E-state index contributed by atoms with van der Waals surface area (Å²) in [6.45, 7) is 5.81. The first-order chi connectivity index (χ1) is 15.6. The quantitative estimate of drug-likeness (QED) is 0.491.